The maximum atomic E-state index is 12.8. The van der Waals surface area contributed by atoms with Crippen LogP contribution in [0, 0.1) is 0 Å². The van der Waals surface area contributed by atoms with Crippen LogP contribution in [0.2, 0.25) is 0 Å². The summed E-state index contributed by atoms with van der Waals surface area (Å²) in [7, 11) is -3.89. The van der Waals surface area contributed by atoms with Gasteiger partial charge in [-0.3, -0.25) is 0 Å². The molecule has 1 aliphatic heterocycles. The summed E-state index contributed by atoms with van der Waals surface area (Å²) in [5.41, 5.74) is 0.884. The minimum atomic E-state index is -3.89. The van der Waals surface area contributed by atoms with Gasteiger partial charge < -0.3 is 10.2 Å². The molecule has 0 radical (unpaired) electrons. The number of carboxylic acid groups (broad SMARTS) is 2. The van der Waals surface area contributed by atoms with Crippen LogP contribution in [0.25, 0.3) is 0 Å². The zero-order valence-electron chi connectivity index (χ0n) is 11.8. The van der Waals surface area contributed by atoms with Crippen molar-refractivity contribution < 1.29 is 28.2 Å². The Morgan fingerprint density at radius 1 is 0.783 bits per heavy atom. The van der Waals surface area contributed by atoms with Gasteiger partial charge in [0.15, 0.2) is 0 Å². The summed E-state index contributed by atoms with van der Waals surface area (Å²) >= 11 is 0. The molecule has 2 aromatic rings. The first kappa shape index (κ1) is 15.2. The van der Waals surface area contributed by atoms with Crippen molar-refractivity contribution in [2.75, 3.05) is 0 Å². The van der Waals surface area contributed by atoms with Gasteiger partial charge in [0.2, 0.25) is 9.84 Å². The Labute approximate surface area is 131 Å². The van der Waals surface area contributed by atoms with Crippen molar-refractivity contribution in [3.05, 3.63) is 58.7 Å². The molecule has 23 heavy (non-hydrogen) atoms. The highest BCUT2D eigenvalue weighted by Crippen LogP contribution is 2.33. The van der Waals surface area contributed by atoms with E-state index in [1.807, 2.05) is 0 Å². The molecule has 0 aromatic heterocycles. The van der Waals surface area contributed by atoms with Crippen LogP contribution in [-0.4, -0.2) is 30.6 Å². The van der Waals surface area contributed by atoms with Crippen LogP contribution in [0.15, 0.2) is 46.2 Å². The fraction of sp³-hybridized carbons (Fsp3) is 0.125. The third-order valence-electron chi connectivity index (χ3n) is 3.86. The van der Waals surface area contributed by atoms with Gasteiger partial charge in [-0.15, -0.1) is 0 Å². The van der Waals surface area contributed by atoms with Crippen molar-refractivity contribution in [1.29, 1.82) is 0 Å². The summed E-state index contributed by atoms with van der Waals surface area (Å²) in [5, 5.41) is 18.1. The third-order valence-corrected chi connectivity index (χ3v) is 5.80. The first-order chi connectivity index (χ1) is 10.8. The Balaban J connectivity index is 2.24. The molecule has 7 heteroatoms. The summed E-state index contributed by atoms with van der Waals surface area (Å²) in [6, 6.07) is 7.91. The highest BCUT2D eigenvalue weighted by Gasteiger charge is 2.28. The second-order valence-corrected chi connectivity index (χ2v) is 7.15. The molecule has 0 unspecified atom stereocenters. The van der Waals surface area contributed by atoms with Gasteiger partial charge in [-0.2, -0.15) is 0 Å². The Morgan fingerprint density at radius 3 is 2.00 bits per heavy atom. The van der Waals surface area contributed by atoms with Crippen molar-refractivity contribution >= 4 is 21.8 Å². The van der Waals surface area contributed by atoms with Crippen molar-refractivity contribution in [2.45, 2.75) is 22.6 Å². The predicted octanol–water partition coefficient (Wildman–Crippen LogP) is 2.01. The van der Waals surface area contributed by atoms with Gasteiger partial charge in [0.25, 0.3) is 0 Å². The summed E-state index contributed by atoms with van der Waals surface area (Å²) in [4.78, 5) is 22.1. The topological polar surface area (TPSA) is 109 Å². The zero-order chi connectivity index (χ0) is 16.8. The van der Waals surface area contributed by atoms with Crippen molar-refractivity contribution in [3.8, 4) is 0 Å². The number of carbonyl (C=O) groups is 2. The number of aromatic carboxylic acids is 2. The van der Waals surface area contributed by atoms with E-state index < -0.39 is 21.8 Å². The van der Waals surface area contributed by atoms with Gasteiger partial charge in [0, 0.05) is 0 Å². The van der Waals surface area contributed by atoms with Gasteiger partial charge in [0.05, 0.1) is 20.9 Å². The van der Waals surface area contributed by atoms with E-state index in [0.717, 1.165) is 6.07 Å². The summed E-state index contributed by atoms with van der Waals surface area (Å²) < 4.78 is 25.7. The lowest BCUT2D eigenvalue weighted by Gasteiger charge is -2.09. The average Bonchev–Trinajstić information content (AvgIpc) is 2.62. The van der Waals surface area contributed by atoms with Gasteiger partial charge in [-0.25, -0.2) is 18.0 Å². The number of hydrogen-bond donors (Lipinski definition) is 2. The molecule has 118 valence electrons. The van der Waals surface area contributed by atoms with Crippen LogP contribution >= 0.6 is 0 Å². The Morgan fingerprint density at radius 2 is 1.35 bits per heavy atom. The number of fused-ring (bicyclic) bond motifs is 2. The normalized spacial score (nSPS) is 15.1. The first-order valence-electron chi connectivity index (χ1n) is 6.78. The number of sulfone groups is 1. The molecule has 0 saturated carbocycles. The van der Waals surface area contributed by atoms with Gasteiger partial charge >= 0.3 is 11.9 Å². The molecule has 2 aromatic carbocycles. The molecule has 0 atom stereocenters. The lowest BCUT2D eigenvalue weighted by atomic mass is 10.0. The third kappa shape index (κ3) is 2.49. The quantitative estimate of drug-likeness (QED) is 0.871. The molecule has 0 aliphatic carbocycles. The van der Waals surface area contributed by atoms with E-state index in [4.69, 9.17) is 10.2 Å². The molecule has 0 spiro atoms. The minimum absolute atomic E-state index is 0.0242. The summed E-state index contributed by atoms with van der Waals surface area (Å²) in [6.07, 6.45) is 0.764. The summed E-state index contributed by atoms with van der Waals surface area (Å²) in [5.74, 6) is -2.33. The van der Waals surface area contributed by atoms with Gasteiger partial charge in [-0.1, -0.05) is 6.07 Å². The van der Waals surface area contributed by atoms with Crippen LogP contribution in [0.1, 0.15) is 31.8 Å². The van der Waals surface area contributed by atoms with Crippen LogP contribution in [0.3, 0.4) is 0 Å². The van der Waals surface area contributed by atoms with Crippen molar-refractivity contribution in [2.24, 2.45) is 0 Å². The van der Waals surface area contributed by atoms with E-state index >= 15 is 0 Å². The predicted molar refractivity (Wildman–Crippen MR) is 79.7 cm³/mol. The molecule has 1 aliphatic rings. The Kier molecular flexibility index (Phi) is 3.45. The largest absolute Gasteiger partial charge is 0.478 e. The lowest BCUT2D eigenvalue weighted by Crippen LogP contribution is -2.08. The molecule has 0 bridgehead atoms. The van der Waals surface area contributed by atoms with Crippen LogP contribution in [0.4, 0.5) is 0 Å². The minimum Gasteiger partial charge on any atom is -0.478 e. The van der Waals surface area contributed by atoms with E-state index in [1.165, 1.54) is 30.3 Å². The molecule has 3 rings (SSSR count). The van der Waals surface area contributed by atoms with E-state index in [0.29, 0.717) is 24.0 Å². The fourth-order valence-electron chi connectivity index (χ4n) is 2.70. The number of rotatable bonds is 2. The lowest BCUT2D eigenvalue weighted by molar-refractivity contribution is 0.0686. The molecule has 0 saturated heterocycles. The number of carboxylic acids is 2. The average molecular weight is 332 g/mol. The second-order valence-electron chi connectivity index (χ2n) is 5.26. The Bertz CT molecular complexity index is 943. The molecule has 1 heterocycles. The molecular weight excluding hydrogens is 320 g/mol. The highest BCUT2D eigenvalue weighted by molar-refractivity contribution is 7.91. The smallest absolute Gasteiger partial charge is 0.335 e. The molecular formula is C16H12O6S. The molecule has 2 N–H and O–H groups in total. The SMILES string of the molecule is O=C(O)c1ccc2c(c1)CCc1ccc(C(=O)O)cc1S2(=O)=O. The monoisotopic (exact) mass is 332 g/mol. The fourth-order valence-corrected chi connectivity index (χ4v) is 4.49. The van der Waals surface area contributed by atoms with Crippen molar-refractivity contribution in [1.82, 2.24) is 0 Å². The maximum absolute atomic E-state index is 12.8. The van der Waals surface area contributed by atoms with Gasteiger partial charge in [-0.05, 0) is 54.3 Å². The highest BCUT2D eigenvalue weighted by atomic mass is 32.2. The number of aryl methyl sites for hydroxylation is 2. The molecule has 6 nitrogen and oxygen atoms in total. The standard InChI is InChI=1S/C16H12O6S/c17-15(18)11-5-6-13-10(7-11)3-1-9-2-4-12(16(19)20)8-14(9)23(13,21)22/h2,4-8H,1,3H2,(H,17,18)(H,19,20). The van der Waals surface area contributed by atoms with Crippen LogP contribution in [-0.2, 0) is 22.7 Å². The summed E-state index contributed by atoms with van der Waals surface area (Å²) in [6.45, 7) is 0. The molecule has 0 fully saturated rings. The maximum Gasteiger partial charge on any atom is 0.335 e. The number of hydrogen-bond acceptors (Lipinski definition) is 4. The van der Waals surface area contributed by atoms with Crippen LogP contribution < -0.4 is 0 Å². The second kappa shape index (κ2) is 5.20. The molecule has 0 amide bonds. The zero-order valence-corrected chi connectivity index (χ0v) is 12.6. The van der Waals surface area contributed by atoms with Gasteiger partial charge in [0.1, 0.15) is 0 Å². The first-order valence-corrected chi connectivity index (χ1v) is 8.26. The van der Waals surface area contributed by atoms with E-state index in [1.54, 1.807) is 0 Å². The van der Waals surface area contributed by atoms with E-state index in [-0.39, 0.29) is 20.9 Å². The van der Waals surface area contributed by atoms with Crippen molar-refractivity contribution in [3.63, 3.8) is 0 Å². The van der Waals surface area contributed by atoms with Crippen LogP contribution in [0.5, 0.6) is 0 Å². The van der Waals surface area contributed by atoms with E-state index in [2.05, 4.69) is 0 Å². The van der Waals surface area contributed by atoms with E-state index in [9.17, 15) is 18.0 Å². The Hall–Kier alpha value is -2.67. The number of benzene rings is 2.